The third-order valence-corrected chi connectivity index (χ3v) is 6.33. The molecule has 0 radical (unpaired) electrons. The maximum absolute atomic E-state index is 10.8. The van der Waals surface area contributed by atoms with Gasteiger partial charge in [0.25, 0.3) is 0 Å². The van der Waals surface area contributed by atoms with Gasteiger partial charge in [0, 0.05) is 0 Å². The fourth-order valence-electron chi connectivity index (χ4n) is 4.18. The first-order chi connectivity index (χ1) is 16.0. The molecule has 3 fully saturated rings. The number of aliphatic hydroxyl groups is 8. The molecule has 3 saturated heterocycles. The summed E-state index contributed by atoms with van der Waals surface area (Å²) < 4.78 is 27.4. The fraction of sp³-hybridized carbons (Fsp3) is 1.00. The summed E-state index contributed by atoms with van der Waals surface area (Å²) in [5, 5.41) is 79.6. The van der Waals surface area contributed by atoms with Crippen LogP contribution in [0.3, 0.4) is 0 Å². The van der Waals surface area contributed by atoms with E-state index in [1.165, 1.54) is 0 Å². The molecule has 200 valence electrons. The van der Waals surface area contributed by atoms with Crippen LogP contribution >= 0.6 is 0 Å². The minimum Gasteiger partial charge on any atom is -0.394 e. The molecule has 7 unspecified atom stereocenters. The van der Waals surface area contributed by atoms with E-state index in [2.05, 4.69) is 0 Å². The van der Waals surface area contributed by atoms with Gasteiger partial charge in [-0.15, -0.1) is 0 Å². The Morgan fingerprint density at radius 1 is 0.529 bits per heavy atom. The predicted molar refractivity (Wildman–Crippen MR) is 107 cm³/mol. The third kappa shape index (κ3) is 5.37. The lowest BCUT2D eigenvalue weighted by molar-refractivity contribution is -0.348. The molecule has 0 spiro atoms. The van der Waals surface area contributed by atoms with Gasteiger partial charge in [-0.05, 0) is 0 Å². The normalized spacial score (nSPS) is 52.5. The first kappa shape index (κ1) is 27.9. The Morgan fingerprint density at radius 3 is 1.44 bits per heavy atom. The Hall–Kier alpha value is -0.640. The first-order valence-corrected chi connectivity index (χ1v) is 10.8. The van der Waals surface area contributed by atoms with Crippen molar-refractivity contribution >= 4 is 0 Å². The molecular formula is C18H35N3O13. The van der Waals surface area contributed by atoms with Gasteiger partial charge in [0.2, 0.25) is 0 Å². The zero-order chi connectivity index (χ0) is 25.3. The number of hydrogen-bond donors (Lipinski definition) is 11. The number of ether oxygens (including phenoxy) is 5. The highest BCUT2D eigenvalue weighted by atomic mass is 16.7. The van der Waals surface area contributed by atoms with Crippen molar-refractivity contribution in [1.29, 1.82) is 0 Å². The Kier molecular flexibility index (Phi) is 9.54. The van der Waals surface area contributed by atoms with Gasteiger partial charge < -0.3 is 81.7 Å². The molecule has 16 heteroatoms. The number of nitrogens with two attached hydrogens (primary N) is 3. The Morgan fingerprint density at radius 2 is 0.941 bits per heavy atom. The van der Waals surface area contributed by atoms with Crippen molar-refractivity contribution in [1.82, 2.24) is 0 Å². The van der Waals surface area contributed by atoms with E-state index in [4.69, 9.17) is 40.9 Å². The summed E-state index contributed by atoms with van der Waals surface area (Å²) in [6.45, 7) is -2.00. The molecule has 0 aromatic rings. The van der Waals surface area contributed by atoms with Crippen molar-refractivity contribution < 1.29 is 64.5 Å². The maximum Gasteiger partial charge on any atom is 0.176 e. The van der Waals surface area contributed by atoms with Crippen LogP contribution in [0.5, 0.6) is 0 Å². The van der Waals surface area contributed by atoms with Crippen molar-refractivity contribution in [3.05, 3.63) is 0 Å². The molecule has 0 aliphatic carbocycles. The second-order valence-corrected chi connectivity index (χ2v) is 8.59. The minimum atomic E-state index is -1.56. The SMILES string of the molecule is N[C@@H]1C(O)OC(CO)[C@@H](O[C@@H]2OC(CO)[C@@H](O[C@@H]3OC(CO)[C@@H](O)C(O)[C@@H]3N)C(O)[C@@H]2N)C1O. The summed E-state index contributed by atoms with van der Waals surface area (Å²) in [6, 6.07) is -3.87. The van der Waals surface area contributed by atoms with E-state index in [1.807, 2.05) is 0 Å². The molecule has 0 saturated carbocycles. The Bertz CT molecular complexity index is 646. The van der Waals surface area contributed by atoms with Gasteiger partial charge in [0.05, 0.1) is 37.9 Å². The molecule has 16 nitrogen and oxygen atoms in total. The molecule has 0 aromatic carbocycles. The summed E-state index contributed by atoms with van der Waals surface area (Å²) in [6.07, 6.45) is -16.8. The van der Waals surface area contributed by atoms with E-state index in [1.54, 1.807) is 0 Å². The summed E-state index contributed by atoms with van der Waals surface area (Å²) in [5.74, 6) is 0. The van der Waals surface area contributed by atoms with Gasteiger partial charge in [0.1, 0.15) is 54.9 Å². The molecule has 3 heterocycles. The van der Waals surface area contributed by atoms with E-state index in [-0.39, 0.29) is 0 Å². The van der Waals surface area contributed by atoms with Crippen LogP contribution in [0.2, 0.25) is 0 Å². The maximum atomic E-state index is 10.8. The molecule has 3 aliphatic rings. The molecule has 15 atom stereocenters. The smallest absolute Gasteiger partial charge is 0.176 e. The molecule has 0 aromatic heterocycles. The van der Waals surface area contributed by atoms with Crippen LogP contribution < -0.4 is 17.2 Å². The fourth-order valence-corrected chi connectivity index (χ4v) is 4.18. The van der Waals surface area contributed by atoms with Gasteiger partial charge in [-0.1, -0.05) is 0 Å². The highest BCUT2D eigenvalue weighted by Gasteiger charge is 2.52. The van der Waals surface area contributed by atoms with Crippen LogP contribution in [0.15, 0.2) is 0 Å². The van der Waals surface area contributed by atoms with E-state index in [9.17, 15) is 40.9 Å². The molecule has 0 bridgehead atoms. The van der Waals surface area contributed by atoms with Gasteiger partial charge in [-0.2, -0.15) is 0 Å². The van der Waals surface area contributed by atoms with Crippen LogP contribution in [0.25, 0.3) is 0 Å². The average Bonchev–Trinajstić information content (AvgIpc) is 2.83. The van der Waals surface area contributed by atoms with Crippen molar-refractivity contribution in [2.75, 3.05) is 19.8 Å². The van der Waals surface area contributed by atoms with Gasteiger partial charge in [0.15, 0.2) is 18.9 Å². The second-order valence-electron chi connectivity index (χ2n) is 8.59. The minimum absolute atomic E-state index is 0.651. The summed E-state index contributed by atoms with van der Waals surface area (Å²) >= 11 is 0. The summed E-state index contributed by atoms with van der Waals surface area (Å²) in [5.41, 5.74) is 17.6. The first-order valence-electron chi connectivity index (χ1n) is 10.8. The van der Waals surface area contributed by atoms with Gasteiger partial charge in [-0.25, -0.2) is 0 Å². The standard InChI is InChI=1S/C18H35N3O13/c19-7-12(27)14(5(2-23)30-16(7)29)33-18-9(21)13(28)15(6(3-24)32-18)34-17-8(20)11(26)10(25)4(1-22)31-17/h4-18,22-29H,1-3,19-21H2/t4?,5?,6?,7-,8-,9-,10+,11?,12?,13?,14+,15+,16?,17-,18-/m0/s1. The summed E-state index contributed by atoms with van der Waals surface area (Å²) in [4.78, 5) is 0. The molecule has 34 heavy (non-hydrogen) atoms. The van der Waals surface area contributed by atoms with Crippen molar-refractivity contribution in [3.8, 4) is 0 Å². The zero-order valence-electron chi connectivity index (χ0n) is 18.1. The molecule has 14 N–H and O–H groups in total. The number of rotatable bonds is 7. The van der Waals surface area contributed by atoms with E-state index >= 15 is 0 Å². The molecule has 3 rings (SSSR count). The lowest BCUT2D eigenvalue weighted by Gasteiger charge is -2.48. The van der Waals surface area contributed by atoms with E-state index in [0.29, 0.717) is 0 Å². The van der Waals surface area contributed by atoms with E-state index < -0.39 is 112 Å². The number of aliphatic hydroxyl groups excluding tert-OH is 8. The van der Waals surface area contributed by atoms with Crippen LogP contribution in [0.1, 0.15) is 0 Å². The Labute approximate surface area is 194 Å². The lowest BCUT2D eigenvalue weighted by atomic mass is 9.94. The monoisotopic (exact) mass is 501 g/mol. The third-order valence-electron chi connectivity index (χ3n) is 6.33. The lowest BCUT2D eigenvalue weighted by Crippen LogP contribution is -2.69. The Balaban J connectivity index is 1.72. The molecular weight excluding hydrogens is 466 g/mol. The van der Waals surface area contributed by atoms with Crippen LogP contribution in [0.4, 0.5) is 0 Å². The number of hydrogen-bond acceptors (Lipinski definition) is 16. The van der Waals surface area contributed by atoms with Crippen molar-refractivity contribution in [2.24, 2.45) is 17.2 Å². The van der Waals surface area contributed by atoms with Gasteiger partial charge >= 0.3 is 0 Å². The summed E-state index contributed by atoms with van der Waals surface area (Å²) in [7, 11) is 0. The quantitative estimate of drug-likeness (QED) is 0.154. The predicted octanol–water partition coefficient (Wildman–Crippen LogP) is -7.67. The average molecular weight is 501 g/mol. The highest BCUT2D eigenvalue weighted by molar-refractivity contribution is 4.98. The largest absolute Gasteiger partial charge is 0.394 e. The van der Waals surface area contributed by atoms with Crippen molar-refractivity contribution in [2.45, 2.75) is 91.9 Å². The van der Waals surface area contributed by atoms with Gasteiger partial charge in [-0.3, -0.25) is 0 Å². The molecule has 3 aliphatic heterocycles. The highest BCUT2D eigenvalue weighted by Crippen LogP contribution is 2.30. The topological polar surface area (TPSA) is 286 Å². The molecule has 0 amide bonds. The van der Waals surface area contributed by atoms with Crippen LogP contribution in [0, 0.1) is 0 Å². The van der Waals surface area contributed by atoms with Crippen LogP contribution in [-0.2, 0) is 23.7 Å². The van der Waals surface area contributed by atoms with Crippen molar-refractivity contribution in [3.63, 3.8) is 0 Å². The second kappa shape index (κ2) is 11.6. The zero-order valence-corrected chi connectivity index (χ0v) is 18.1. The van der Waals surface area contributed by atoms with E-state index in [0.717, 1.165) is 0 Å². The van der Waals surface area contributed by atoms with Crippen LogP contribution in [-0.4, -0.2) is 153 Å².